The number of anilines is 2. The monoisotopic (exact) mass is 371 g/mol. The third kappa shape index (κ3) is 4.45. The first kappa shape index (κ1) is 19.7. The lowest BCUT2D eigenvalue weighted by molar-refractivity contribution is -0.135. The van der Waals surface area contributed by atoms with Crippen LogP contribution < -0.4 is 10.2 Å². The summed E-state index contributed by atoms with van der Waals surface area (Å²) in [6, 6.07) is 6.15. The highest BCUT2D eigenvalue weighted by Gasteiger charge is 2.49. The Labute approximate surface area is 163 Å². The predicted octanol–water partition coefficient (Wildman–Crippen LogP) is 3.67. The molecule has 1 aliphatic carbocycles. The molecule has 2 unspecified atom stereocenters. The highest BCUT2D eigenvalue weighted by molar-refractivity contribution is 6.00. The van der Waals surface area contributed by atoms with Gasteiger partial charge in [-0.3, -0.25) is 9.59 Å². The number of carbonyl (C=O) groups excluding carboxylic acids is 2. The molecular formula is C22H33N3O2. The summed E-state index contributed by atoms with van der Waals surface area (Å²) in [6.45, 7) is 12.2. The van der Waals surface area contributed by atoms with Gasteiger partial charge in [0.1, 0.15) is 0 Å². The zero-order chi connectivity index (χ0) is 19.6. The standard InChI is InChI=1S/C22H33N3O2/c1-5-24(6-2)17-7-8-20(16(4)13-17)23-21(26)18-14-19(18)22(27)25-11-9-15(3)10-12-25/h7-8,13,15,18-19H,5-6,9-12,14H2,1-4H3,(H,23,26). The Balaban J connectivity index is 1.56. The molecule has 1 saturated heterocycles. The molecule has 1 saturated carbocycles. The van der Waals surface area contributed by atoms with E-state index in [0.717, 1.165) is 50.3 Å². The molecule has 1 aliphatic heterocycles. The molecule has 3 rings (SSSR count). The Morgan fingerprint density at radius 2 is 1.81 bits per heavy atom. The number of hydrogen-bond acceptors (Lipinski definition) is 3. The van der Waals surface area contributed by atoms with E-state index in [0.29, 0.717) is 12.3 Å². The number of amides is 2. The molecule has 5 heteroatoms. The van der Waals surface area contributed by atoms with Crippen LogP contribution in [0.3, 0.4) is 0 Å². The predicted molar refractivity (Wildman–Crippen MR) is 110 cm³/mol. The lowest BCUT2D eigenvalue weighted by atomic mass is 9.99. The van der Waals surface area contributed by atoms with Crippen LogP contribution in [-0.4, -0.2) is 42.9 Å². The Hall–Kier alpha value is -2.04. The lowest BCUT2D eigenvalue weighted by Gasteiger charge is -2.30. The average Bonchev–Trinajstić information content (AvgIpc) is 3.46. The van der Waals surface area contributed by atoms with Crippen LogP contribution in [0.15, 0.2) is 18.2 Å². The fraction of sp³-hybridized carbons (Fsp3) is 0.636. The van der Waals surface area contributed by atoms with Crippen molar-refractivity contribution >= 4 is 23.2 Å². The summed E-state index contributed by atoms with van der Waals surface area (Å²) in [4.78, 5) is 29.5. The summed E-state index contributed by atoms with van der Waals surface area (Å²) >= 11 is 0. The van der Waals surface area contributed by atoms with Gasteiger partial charge in [-0.25, -0.2) is 0 Å². The molecule has 0 radical (unpaired) electrons. The van der Waals surface area contributed by atoms with Gasteiger partial charge in [0.25, 0.3) is 0 Å². The fourth-order valence-corrected chi connectivity index (χ4v) is 4.02. The van der Waals surface area contributed by atoms with Crippen LogP contribution in [0, 0.1) is 24.7 Å². The highest BCUT2D eigenvalue weighted by Crippen LogP contribution is 2.41. The molecule has 2 atom stereocenters. The Bertz CT molecular complexity index is 691. The average molecular weight is 372 g/mol. The first-order valence-corrected chi connectivity index (χ1v) is 10.4. The molecule has 2 fully saturated rings. The normalized spacial score (nSPS) is 22.4. The zero-order valence-corrected chi connectivity index (χ0v) is 17.1. The molecular weight excluding hydrogens is 338 g/mol. The van der Waals surface area contributed by atoms with E-state index in [-0.39, 0.29) is 23.7 Å². The summed E-state index contributed by atoms with van der Waals surface area (Å²) in [5.41, 5.74) is 3.08. The van der Waals surface area contributed by atoms with Gasteiger partial charge >= 0.3 is 0 Å². The van der Waals surface area contributed by atoms with E-state index in [1.165, 1.54) is 5.69 Å². The molecule has 148 valence electrons. The molecule has 2 aliphatic rings. The number of piperidine rings is 1. The van der Waals surface area contributed by atoms with Crippen molar-refractivity contribution in [3.05, 3.63) is 23.8 Å². The number of carbonyl (C=O) groups is 2. The molecule has 1 aromatic rings. The van der Waals surface area contributed by atoms with E-state index in [9.17, 15) is 9.59 Å². The number of nitrogens with zero attached hydrogens (tertiary/aromatic N) is 2. The molecule has 1 N–H and O–H groups in total. The number of aryl methyl sites for hydroxylation is 1. The maximum atomic E-state index is 12.6. The van der Waals surface area contributed by atoms with Crippen molar-refractivity contribution in [1.82, 2.24) is 4.90 Å². The van der Waals surface area contributed by atoms with E-state index in [1.807, 2.05) is 17.9 Å². The van der Waals surface area contributed by atoms with Crippen LogP contribution in [0.5, 0.6) is 0 Å². The Kier molecular flexibility index (Phi) is 6.08. The molecule has 5 nitrogen and oxygen atoms in total. The van der Waals surface area contributed by atoms with Crippen LogP contribution in [0.25, 0.3) is 0 Å². The molecule has 1 heterocycles. The van der Waals surface area contributed by atoms with Crippen molar-refractivity contribution in [2.45, 2.75) is 47.0 Å². The quantitative estimate of drug-likeness (QED) is 0.830. The highest BCUT2D eigenvalue weighted by atomic mass is 16.2. The molecule has 0 spiro atoms. The molecule has 0 aromatic heterocycles. The van der Waals surface area contributed by atoms with Gasteiger partial charge in [-0.1, -0.05) is 6.92 Å². The van der Waals surface area contributed by atoms with Gasteiger partial charge in [-0.15, -0.1) is 0 Å². The molecule has 0 bridgehead atoms. The second kappa shape index (κ2) is 8.32. The van der Waals surface area contributed by atoms with Crippen molar-refractivity contribution in [2.24, 2.45) is 17.8 Å². The summed E-state index contributed by atoms with van der Waals surface area (Å²) in [7, 11) is 0. The van der Waals surface area contributed by atoms with Gasteiger partial charge in [0.15, 0.2) is 0 Å². The minimum atomic E-state index is -0.168. The van der Waals surface area contributed by atoms with Crippen LogP contribution in [0.1, 0.15) is 45.6 Å². The van der Waals surface area contributed by atoms with Crippen molar-refractivity contribution in [3.63, 3.8) is 0 Å². The van der Waals surface area contributed by atoms with Crippen molar-refractivity contribution in [1.29, 1.82) is 0 Å². The van der Waals surface area contributed by atoms with Gasteiger partial charge < -0.3 is 15.1 Å². The van der Waals surface area contributed by atoms with Crippen molar-refractivity contribution < 1.29 is 9.59 Å². The van der Waals surface area contributed by atoms with Crippen LogP contribution >= 0.6 is 0 Å². The maximum absolute atomic E-state index is 12.6. The maximum Gasteiger partial charge on any atom is 0.228 e. The number of benzene rings is 1. The van der Waals surface area contributed by atoms with E-state index in [2.05, 4.69) is 43.1 Å². The van der Waals surface area contributed by atoms with Crippen LogP contribution in [0.4, 0.5) is 11.4 Å². The molecule has 2 amide bonds. The Morgan fingerprint density at radius 3 is 2.41 bits per heavy atom. The van der Waals surface area contributed by atoms with Gasteiger partial charge in [0.2, 0.25) is 11.8 Å². The second-order valence-electron chi connectivity index (χ2n) is 8.12. The molecule has 1 aromatic carbocycles. The Morgan fingerprint density at radius 1 is 1.15 bits per heavy atom. The van der Waals surface area contributed by atoms with Gasteiger partial charge in [-0.2, -0.15) is 0 Å². The third-order valence-electron chi connectivity index (χ3n) is 6.14. The number of rotatable bonds is 6. The fourth-order valence-electron chi connectivity index (χ4n) is 4.02. The molecule has 27 heavy (non-hydrogen) atoms. The van der Waals surface area contributed by atoms with E-state index in [1.54, 1.807) is 0 Å². The first-order valence-electron chi connectivity index (χ1n) is 10.4. The van der Waals surface area contributed by atoms with Gasteiger partial charge in [0.05, 0.1) is 11.8 Å². The van der Waals surface area contributed by atoms with Gasteiger partial charge in [0, 0.05) is 37.6 Å². The lowest BCUT2D eigenvalue weighted by Crippen LogP contribution is -2.39. The number of hydrogen-bond donors (Lipinski definition) is 1. The van der Waals surface area contributed by atoms with E-state index >= 15 is 0 Å². The van der Waals surface area contributed by atoms with Crippen molar-refractivity contribution in [3.8, 4) is 0 Å². The summed E-state index contributed by atoms with van der Waals surface area (Å²) in [6.07, 6.45) is 2.84. The summed E-state index contributed by atoms with van der Waals surface area (Å²) in [5, 5.41) is 3.04. The largest absolute Gasteiger partial charge is 0.372 e. The van der Waals surface area contributed by atoms with Crippen molar-refractivity contribution in [2.75, 3.05) is 36.4 Å². The summed E-state index contributed by atoms with van der Waals surface area (Å²) < 4.78 is 0. The zero-order valence-electron chi connectivity index (χ0n) is 17.1. The van der Waals surface area contributed by atoms with E-state index in [4.69, 9.17) is 0 Å². The second-order valence-corrected chi connectivity index (χ2v) is 8.12. The van der Waals surface area contributed by atoms with E-state index < -0.39 is 0 Å². The number of nitrogens with one attached hydrogen (secondary N) is 1. The minimum absolute atomic E-state index is 0.0163. The summed E-state index contributed by atoms with van der Waals surface area (Å²) in [5.74, 6) is 0.579. The smallest absolute Gasteiger partial charge is 0.228 e. The minimum Gasteiger partial charge on any atom is -0.372 e. The third-order valence-corrected chi connectivity index (χ3v) is 6.14. The van der Waals surface area contributed by atoms with Crippen LogP contribution in [-0.2, 0) is 9.59 Å². The topological polar surface area (TPSA) is 52.7 Å². The number of likely N-dealkylation sites (tertiary alicyclic amines) is 1. The van der Waals surface area contributed by atoms with Crippen LogP contribution in [0.2, 0.25) is 0 Å². The first-order chi connectivity index (χ1) is 12.9. The SMILES string of the molecule is CCN(CC)c1ccc(NC(=O)C2CC2C(=O)N2CCC(C)CC2)c(C)c1. The van der Waals surface area contributed by atoms with Gasteiger partial charge in [-0.05, 0) is 69.7 Å².